The fraction of sp³-hybridized carbons (Fsp3) is 0.250. The molecule has 32 heavy (non-hydrogen) atoms. The van der Waals surface area contributed by atoms with Crippen molar-refractivity contribution in [1.82, 2.24) is 15.3 Å². The van der Waals surface area contributed by atoms with E-state index in [0.29, 0.717) is 12.8 Å². The molecule has 2 heterocycles. The van der Waals surface area contributed by atoms with Crippen LogP contribution in [-0.4, -0.2) is 33.9 Å². The first-order valence-corrected chi connectivity index (χ1v) is 9.38. The third-order valence-corrected chi connectivity index (χ3v) is 4.94. The molecule has 3 aromatic rings. The van der Waals surface area contributed by atoms with Gasteiger partial charge in [0, 0.05) is 36.5 Å². The summed E-state index contributed by atoms with van der Waals surface area (Å²) < 4.78 is 69.8. The van der Waals surface area contributed by atoms with E-state index in [1.165, 1.54) is 6.20 Å². The van der Waals surface area contributed by atoms with Gasteiger partial charge in [0.2, 0.25) is 0 Å². The average Bonchev–Trinajstić information content (AvgIpc) is 3.07. The normalized spacial score (nSPS) is 18.2. The molecule has 1 aliphatic carbocycles. The summed E-state index contributed by atoms with van der Waals surface area (Å²) in [4.78, 5) is 30.2. The Balaban J connectivity index is 1.27. The van der Waals surface area contributed by atoms with E-state index in [1.807, 2.05) is 0 Å². The molecule has 1 aromatic carbocycles. The zero-order valence-corrected chi connectivity index (χ0v) is 16.1. The molecule has 0 radical (unpaired) electrons. The van der Waals surface area contributed by atoms with Crippen molar-refractivity contribution in [2.75, 3.05) is 5.32 Å². The second-order valence-corrected chi connectivity index (χ2v) is 7.23. The number of aromatic amines is 1. The van der Waals surface area contributed by atoms with Gasteiger partial charge in [0.05, 0.1) is 17.4 Å². The molecule has 0 bridgehead atoms. The van der Waals surface area contributed by atoms with Crippen LogP contribution in [0.5, 0.6) is 5.75 Å². The maximum absolute atomic E-state index is 13.4. The highest BCUT2D eigenvalue weighted by molar-refractivity contribution is 6.40. The van der Waals surface area contributed by atoms with Crippen LogP contribution in [0.1, 0.15) is 18.5 Å². The van der Waals surface area contributed by atoms with Gasteiger partial charge in [-0.1, -0.05) is 0 Å². The van der Waals surface area contributed by atoms with Crippen LogP contribution in [0.2, 0.25) is 0 Å². The van der Waals surface area contributed by atoms with Crippen molar-refractivity contribution in [1.29, 1.82) is 0 Å². The summed E-state index contributed by atoms with van der Waals surface area (Å²) in [6.45, 7) is 0. The van der Waals surface area contributed by atoms with Gasteiger partial charge in [0.25, 0.3) is 0 Å². The molecule has 2 amide bonds. The van der Waals surface area contributed by atoms with E-state index in [-0.39, 0.29) is 34.5 Å². The molecular weight excluding hydrogens is 439 g/mol. The van der Waals surface area contributed by atoms with E-state index in [2.05, 4.69) is 20.6 Å². The molecule has 0 atom stereocenters. The summed E-state index contributed by atoms with van der Waals surface area (Å²) in [6.07, 6.45) is -1.93. The van der Waals surface area contributed by atoms with E-state index in [4.69, 9.17) is 4.74 Å². The number of hydrogen-bond acceptors (Lipinski definition) is 4. The Labute approximate surface area is 177 Å². The van der Waals surface area contributed by atoms with Crippen LogP contribution in [0.3, 0.4) is 0 Å². The quantitative estimate of drug-likeness (QED) is 0.415. The summed E-state index contributed by atoms with van der Waals surface area (Å²) in [5.74, 6) is -3.91. The van der Waals surface area contributed by atoms with Gasteiger partial charge in [-0.25, -0.2) is 13.8 Å². The van der Waals surface area contributed by atoms with Gasteiger partial charge in [0.1, 0.15) is 17.5 Å². The number of ether oxygens (including phenoxy) is 1. The lowest BCUT2D eigenvalue weighted by Crippen LogP contribution is -2.51. The Morgan fingerprint density at radius 2 is 1.81 bits per heavy atom. The Hall–Kier alpha value is -3.70. The largest absolute Gasteiger partial charge is 0.489 e. The predicted molar refractivity (Wildman–Crippen MR) is 102 cm³/mol. The van der Waals surface area contributed by atoms with E-state index >= 15 is 0 Å². The molecule has 1 saturated carbocycles. The molecule has 1 fully saturated rings. The predicted octanol–water partition coefficient (Wildman–Crippen LogP) is 3.52. The minimum atomic E-state index is -4.54. The minimum absolute atomic E-state index is 0.115. The molecule has 0 aliphatic heterocycles. The highest BCUT2D eigenvalue weighted by Crippen LogP contribution is 2.30. The van der Waals surface area contributed by atoms with E-state index < -0.39 is 35.3 Å². The number of carbonyl (C=O) groups excluding carboxylic acids is 2. The Morgan fingerprint density at radius 1 is 1.09 bits per heavy atom. The number of anilines is 1. The summed E-state index contributed by atoms with van der Waals surface area (Å²) in [7, 11) is 0. The number of nitrogens with one attached hydrogen (secondary N) is 3. The molecule has 12 heteroatoms. The molecule has 3 N–H and O–H groups in total. The third-order valence-electron chi connectivity index (χ3n) is 4.94. The maximum Gasteiger partial charge on any atom is 0.433 e. The van der Waals surface area contributed by atoms with Crippen molar-refractivity contribution in [3.05, 3.63) is 54.0 Å². The summed E-state index contributed by atoms with van der Waals surface area (Å²) >= 11 is 0. The van der Waals surface area contributed by atoms with Gasteiger partial charge in [-0.2, -0.15) is 13.2 Å². The first-order chi connectivity index (χ1) is 15.1. The number of nitrogens with zero attached hydrogens (tertiary/aromatic N) is 1. The number of aromatic nitrogens is 2. The van der Waals surface area contributed by atoms with E-state index in [0.717, 1.165) is 30.5 Å². The fourth-order valence-corrected chi connectivity index (χ4v) is 3.24. The Bertz CT molecular complexity index is 1170. The Morgan fingerprint density at radius 3 is 2.47 bits per heavy atom. The number of fused-ring (bicyclic) bond motifs is 1. The van der Waals surface area contributed by atoms with Gasteiger partial charge in [-0.3, -0.25) is 9.59 Å². The zero-order valence-electron chi connectivity index (χ0n) is 16.1. The molecular formula is C20H15F5N4O3. The number of hydrogen-bond donors (Lipinski definition) is 3. The summed E-state index contributed by atoms with van der Waals surface area (Å²) in [6, 6.07) is 3.43. The van der Waals surface area contributed by atoms with Crippen LogP contribution in [0.15, 0.2) is 36.7 Å². The van der Waals surface area contributed by atoms with Crippen LogP contribution in [0.4, 0.5) is 27.6 Å². The maximum atomic E-state index is 13.4. The van der Waals surface area contributed by atoms with Crippen molar-refractivity contribution in [3.8, 4) is 5.75 Å². The van der Waals surface area contributed by atoms with Crippen molar-refractivity contribution >= 4 is 28.4 Å². The molecule has 0 saturated heterocycles. The first-order valence-electron chi connectivity index (χ1n) is 9.38. The number of alkyl halides is 3. The van der Waals surface area contributed by atoms with Crippen LogP contribution in [-0.2, 0) is 15.8 Å². The molecule has 1 aliphatic rings. The van der Waals surface area contributed by atoms with Crippen LogP contribution in [0.25, 0.3) is 10.9 Å². The van der Waals surface area contributed by atoms with Crippen molar-refractivity contribution in [3.63, 3.8) is 0 Å². The topological polar surface area (TPSA) is 96.1 Å². The van der Waals surface area contributed by atoms with Gasteiger partial charge in [0.15, 0.2) is 11.6 Å². The highest BCUT2D eigenvalue weighted by atomic mass is 19.4. The molecule has 0 unspecified atom stereocenters. The number of H-pyrrole nitrogens is 1. The van der Waals surface area contributed by atoms with E-state index in [9.17, 15) is 31.5 Å². The van der Waals surface area contributed by atoms with Crippen LogP contribution < -0.4 is 15.4 Å². The minimum Gasteiger partial charge on any atom is -0.489 e. The van der Waals surface area contributed by atoms with Crippen molar-refractivity contribution in [2.45, 2.75) is 31.2 Å². The van der Waals surface area contributed by atoms with E-state index in [1.54, 1.807) is 0 Å². The fourth-order valence-electron chi connectivity index (χ4n) is 3.24. The Kier molecular flexibility index (Phi) is 5.45. The monoisotopic (exact) mass is 454 g/mol. The average molecular weight is 454 g/mol. The lowest BCUT2D eigenvalue weighted by Gasteiger charge is -2.35. The van der Waals surface area contributed by atoms with Gasteiger partial charge in [-0.05, 0) is 18.2 Å². The number of benzene rings is 1. The molecule has 2 aromatic heterocycles. The molecule has 168 valence electrons. The number of carbonyl (C=O) groups is 2. The molecule has 0 spiro atoms. The van der Waals surface area contributed by atoms with Crippen molar-refractivity contribution < 1.29 is 36.3 Å². The highest BCUT2D eigenvalue weighted by Gasteiger charge is 2.35. The number of amides is 2. The van der Waals surface area contributed by atoms with Crippen LogP contribution >= 0.6 is 0 Å². The first kappa shape index (κ1) is 21.5. The van der Waals surface area contributed by atoms with Gasteiger partial charge < -0.3 is 20.4 Å². The molecule has 7 nitrogen and oxygen atoms in total. The zero-order chi connectivity index (χ0) is 23.0. The summed E-state index contributed by atoms with van der Waals surface area (Å²) in [5.41, 5.74) is -0.669. The third kappa shape index (κ3) is 4.48. The lowest BCUT2D eigenvalue weighted by atomic mass is 9.89. The second kappa shape index (κ2) is 8.09. The molecule has 4 rings (SSSR count). The number of halogens is 5. The summed E-state index contributed by atoms with van der Waals surface area (Å²) in [5, 5.41) is 5.03. The van der Waals surface area contributed by atoms with Gasteiger partial charge in [-0.15, -0.1) is 0 Å². The number of pyridine rings is 1. The second-order valence-electron chi connectivity index (χ2n) is 7.23. The standard InChI is InChI=1S/C20H15F5N4O3/c21-13-5-12-15(6-14(13)22)26-8-16(12)29-19(31)18(30)28-9-3-11(4-9)32-10-1-2-17(27-7-10)20(23,24)25/h1-2,5-9,11,26H,3-4H2,(H,28,30)(H,29,31). The van der Waals surface area contributed by atoms with Crippen LogP contribution in [0, 0.1) is 11.6 Å². The number of rotatable bonds is 4. The van der Waals surface area contributed by atoms with Crippen molar-refractivity contribution in [2.24, 2.45) is 0 Å². The smallest absolute Gasteiger partial charge is 0.433 e. The lowest BCUT2D eigenvalue weighted by molar-refractivity contribution is -0.141. The van der Waals surface area contributed by atoms with Gasteiger partial charge >= 0.3 is 18.0 Å². The SMILES string of the molecule is O=C(Nc1c[nH]c2cc(F)c(F)cc12)C(=O)NC1CC(Oc2ccc(C(F)(F)F)nc2)C1.